The van der Waals surface area contributed by atoms with Crippen molar-refractivity contribution in [2.45, 2.75) is 64.1 Å². The van der Waals surface area contributed by atoms with Crippen LogP contribution in [0.4, 0.5) is 0 Å². The van der Waals surface area contributed by atoms with Crippen LogP contribution in [0.3, 0.4) is 0 Å². The second-order valence-corrected chi connectivity index (χ2v) is 5.80. The quantitative estimate of drug-likeness (QED) is 0.774. The van der Waals surface area contributed by atoms with Crippen molar-refractivity contribution in [3.8, 4) is 0 Å². The van der Waals surface area contributed by atoms with Gasteiger partial charge in [0.1, 0.15) is 0 Å². The molecule has 0 aromatic rings. The average molecular weight is 211 g/mol. The maximum absolute atomic E-state index is 10.1. The van der Waals surface area contributed by atoms with Gasteiger partial charge >= 0.3 is 0 Å². The van der Waals surface area contributed by atoms with Gasteiger partial charge in [0, 0.05) is 12.1 Å². The summed E-state index contributed by atoms with van der Waals surface area (Å²) >= 11 is 0. The van der Waals surface area contributed by atoms with Gasteiger partial charge in [-0.1, -0.05) is 6.92 Å². The first-order chi connectivity index (χ1) is 7.09. The first kappa shape index (κ1) is 11.4. The topological polar surface area (TPSA) is 23.5 Å². The Morgan fingerprint density at radius 1 is 1.20 bits per heavy atom. The summed E-state index contributed by atoms with van der Waals surface area (Å²) in [5, 5.41) is 10.1. The lowest BCUT2D eigenvalue weighted by molar-refractivity contribution is -0.00157. The van der Waals surface area contributed by atoms with Gasteiger partial charge in [-0.05, 0) is 57.9 Å². The van der Waals surface area contributed by atoms with E-state index in [0.717, 1.165) is 18.3 Å². The van der Waals surface area contributed by atoms with E-state index in [9.17, 15) is 5.11 Å². The fourth-order valence-corrected chi connectivity index (χ4v) is 2.99. The molecule has 2 aliphatic rings. The van der Waals surface area contributed by atoms with E-state index in [4.69, 9.17) is 0 Å². The molecule has 0 radical (unpaired) electrons. The Morgan fingerprint density at radius 2 is 1.87 bits per heavy atom. The highest BCUT2D eigenvalue weighted by atomic mass is 16.3. The molecule has 0 bridgehead atoms. The number of nitrogens with zero attached hydrogens (tertiary/aromatic N) is 1. The third-order valence-corrected chi connectivity index (χ3v) is 4.51. The van der Waals surface area contributed by atoms with Gasteiger partial charge in [0.2, 0.25) is 0 Å². The molecular weight excluding hydrogens is 186 g/mol. The Kier molecular flexibility index (Phi) is 3.36. The van der Waals surface area contributed by atoms with E-state index in [1.165, 1.54) is 25.7 Å². The second-order valence-electron chi connectivity index (χ2n) is 5.80. The van der Waals surface area contributed by atoms with Crippen molar-refractivity contribution in [3.05, 3.63) is 0 Å². The zero-order valence-corrected chi connectivity index (χ0v) is 10.3. The Bertz CT molecular complexity index is 215. The number of rotatable bonds is 3. The highest BCUT2D eigenvalue weighted by Gasteiger charge is 2.37. The highest BCUT2D eigenvalue weighted by molar-refractivity contribution is 4.91. The number of hydrogen-bond donors (Lipinski definition) is 1. The van der Waals surface area contributed by atoms with Crippen molar-refractivity contribution in [3.63, 3.8) is 0 Å². The van der Waals surface area contributed by atoms with E-state index >= 15 is 0 Å². The molecule has 88 valence electrons. The zero-order valence-electron chi connectivity index (χ0n) is 10.3. The van der Waals surface area contributed by atoms with E-state index in [1.807, 2.05) is 0 Å². The molecule has 2 saturated carbocycles. The summed E-state index contributed by atoms with van der Waals surface area (Å²) in [7, 11) is 2.20. The van der Waals surface area contributed by atoms with Crippen LogP contribution in [-0.4, -0.2) is 35.2 Å². The molecule has 0 spiro atoms. The lowest BCUT2D eigenvalue weighted by atomic mass is 9.83. The molecule has 2 fully saturated rings. The van der Waals surface area contributed by atoms with Gasteiger partial charge in [0.25, 0.3) is 0 Å². The highest BCUT2D eigenvalue weighted by Crippen LogP contribution is 2.37. The standard InChI is InChI=1S/C13H25NO/c1-9-4-7-13(15)12(8-9)14(3)10(2)11-5-6-11/h9-13,15H,4-8H2,1-3H3. The normalized spacial score (nSPS) is 39.4. The molecule has 0 saturated heterocycles. The summed E-state index contributed by atoms with van der Waals surface area (Å²) in [5.41, 5.74) is 0. The molecule has 2 rings (SSSR count). The van der Waals surface area contributed by atoms with E-state index in [1.54, 1.807) is 0 Å². The van der Waals surface area contributed by atoms with Gasteiger partial charge in [-0.3, -0.25) is 4.90 Å². The minimum Gasteiger partial charge on any atom is -0.391 e. The summed E-state index contributed by atoms with van der Waals surface area (Å²) in [4.78, 5) is 2.44. The zero-order chi connectivity index (χ0) is 11.0. The van der Waals surface area contributed by atoms with Crippen molar-refractivity contribution in [1.82, 2.24) is 4.90 Å². The second kappa shape index (κ2) is 4.42. The molecule has 4 atom stereocenters. The molecule has 2 aliphatic carbocycles. The van der Waals surface area contributed by atoms with E-state index in [2.05, 4.69) is 25.8 Å². The van der Waals surface area contributed by atoms with Crippen LogP contribution in [-0.2, 0) is 0 Å². The van der Waals surface area contributed by atoms with Gasteiger partial charge in [-0.25, -0.2) is 0 Å². The van der Waals surface area contributed by atoms with Gasteiger partial charge < -0.3 is 5.11 Å². The number of likely N-dealkylation sites (N-methyl/N-ethyl adjacent to an activating group) is 1. The SMILES string of the molecule is CC1CCC(O)C(N(C)C(C)C2CC2)C1. The molecule has 0 amide bonds. The van der Waals surface area contributed by atoms with Crippen LogP contribution < -0.4 is 0 Å². The fourth-order valence-electron chi connectivity index (χ4n) is 2.99. The Morgan fingerprint density at radius 3 is 2.47 bits per heavy atom. The van der Waals surface area contributed by atoms with Crippen molar-refractivity contribution >= 4 is 0 Å². The van der Waals surface area contributed by atoms with Crippen molar-refractivity contribution in [2.75, 3.05) is 7.05 Å². The molecule has 0 heterocycles. The minimum atomic E-state index is -0.0904. The van der Waals surface area contributed by atoms with E-state index < -0.39 is 0 Å². The molecule has 0 aliphatic heterocycles. The van der Waals surface area contributed by atoms with Gasteiger partial charge in [0.05, 0.1) is 6.10 Å². The Labute approximate surface area is 93.7 Å². The molecule has 0 aromatic heterocycles. The lowest BCUT2D eigenvalue weighted by Crippen LogP contribution is -2.49. The molecule has 1 N–H and O–H groups in total. The van der Waals surface area contributed by atoms with Crippen molar-refractivity contribution in [2.24, 2.45) is 11.8 Å². The summed E-state index contributed by atoms with van der Waals surface area (Å²) < 4.78 is 0. The predicted molar refractivity (Wildman–Crippen MR) is 62.8 cm³/mol. The maximum atomic E-state index is 10.1. The van der Waals surface area contributed by atoms with Crippen molar-refractivity contribution < 1.29 is 5.11 Å². The number of aliphatic hydroxyl groups excluding tert-OH is 1. The van der Waals surface area contributed by atoms with E-state index in [-0.39, 0.29) is 6.10 Å². The van der Waals surface area contributed by atoms with Gasteiger partial charge in [0.15, 0.2) is 0 Å². The molecule has 2 heteroatoms. The van der Waals surface area contributed by atoms with Crippen molar-refractivity contribution in [1.29, 1.82) is 0 Å². The number of hydrogen-bond acceptors (Lipinski definition) is 2. The smallest absolute Gasteiger partial charge is 0.0695 e. The van der Waals surface area contributed by atoms with Gasteiger partial charge in [-0.15, -0.1) is 0 Å². The summed E-state index contributed by atoms with van der Waals surface area (Å²) in [6.07, 6.45) is 6.06. The van der Waals surface area contributed by atoms with Crippen LogP contribution in [0.1, 0.15) is 46.0 Å². The monoisotopic (exact) mass is 211 g/mol. The Hall–Kier alpha value is -0.0800. The van der Waals surface area contributed by atoms with E-state index in [0.29, 0.717) is 12.1 Å². The molecule has 2 nitrogen and oxygen atoms in total. The molecule has 4 unspecified atom stereocenters. The first-order valence-corrected chi connectivity index (χ1v) is 6.49. The minimum absolute atomic E-state index is 0.0904. The molecule has 0 aromatic carbocycles. The van der Waals surface area contributed by atoms with Crippen LogP contribution in [0.5, 0.6) is 0 Å². The summed E-state index contributed by atoms with van der Waals surface area (Å²) in [5.74, 6) is 1.69. The first-order valence-electron chi connectivity index (χ1n) is 6.49. The molecular formula is C13H25NO. The largest absolute Gasteiger partial charge is 0.391 e. The summed E-state index contributed by atoms with van der Waals surface area (Å²) in [6, 6.07) is 1.07. The van der Waals surface area contributed by atoms with Crippen LogP contribution in [0.15, 0.2) is 0 Å². The average Bonchev–Trinajstić information content (AvgIpc) is 3.03. The molecule has 15 heavy (non-hydrogen) atoms. The predicted octanol–water partition coefficient (Wildman–Crippen LogP) is 2.27. The van der Waals surface area contributed by atoms with Crippen LogP contribution in [0.2, 0.25) is 0 Å². The van der Waals surface area contributed by atoms with Crippen LogP contribution in [0.25, 0.3) is 0 Å². The van der Waals surface area contributed by atoms with Gasteiger partial charge in [-0.2, -0.15) is 0 Å². The van der Waals surface area contributed by atoms with Crippen LogP contribution >= 0.6 is 0 Å². The maximum Gasteiger partial charge on any atom is 0.0695 e. The Balaban J connectivity index is 1.94. The third-order valence-electron chi connectivity index (χ3n) is 4.51. The number of aliphatic hydroxyl groups is 1. The summed E-state index contributed by atoms with van der Waals surface area (Å²) in [6.45, 7) is 4.64. The van der Waals surface area contributed by atoms with Crippen LogP contribution in [0, 0.1) is 11.8 Å². The lowest BCUT2D eigenvalue weighted by Gasteiger charge is -2.41. The third kappa shape index (κ3) is 2.54. The fraction of sp³-hybridized carbons (Fsp3) is 1.00.